The third-order valence-corrected chi connectivity index (χ3v) is 6.07. The van der Waals surface area contributed by atoms with Gasteiger partial charge in [-0.1, -0.05) is 0 Å². The number of nitrogens with one attached hydrogen (secondary N) is 1. The van der Waals surface area contributed by atoms with E-state index >= 15 is 0 Å². The molecule has 0 bridgehead atoms. The van der Waals surface area contributed by atoms with Gasteiger partial charge < -0.3 is 20.2 Å². The SMILES string of the molecule is C[C@@H](O)CN1CCN(C(=O)NCCc2csc(N3CCCC3)n2)C[C@@H]1C. The number of anilines is 1. The average molecular weight is 382 g/mol. The van der Waals surface area contributed by atoms with Gasteiger partial charge in [0.05, 0.1) is 11.8 Å². The van der Waals surface area contributed by atoms with Crippen LogP contribution in [0.5, 0.6) is 0 Å². The van der Waals surface area contributed by atoms with Crippen LogP contribution in [0, 0.1) is 0 Å². The summed E-state index contributed by atoms with van der Waals surface area (Å²) in [6.45, 7) is 9.64. The number of amides is 2. The van der Waals surface area contributed by atoms with Crippen LogP contribution in [0.25, 0.3) is 0 Å². The number of aromatic nitrogens is 1. The molecule has 0 aromatic carbocycles. The summed E-state index contributed by atoms with van der Waals surface area (Å²) in [6.07, 6.45) is 2.96. The highest BCUT2D eigenvalue weighted by atomic mass is 32.1. The van der Waals surface area contributed by atoms with E-state index in [2.05, 4.69) is 27.4 Å². The lowest BCUT2D eigenvalue weighted by Crippen LogP contribution is -2.57. The van der Waals surface area contributed by atoms with Crippen LogP contribution in [0.1, 0.15) is 32.4 Å². The van der Waals surface area contributed by atoms with E-state index in [1.54, 1.807) is 18.3 Å². The number of carbonyl (C=O) groups excluding carboxylic acids is 1. The van der Waals surface area contributed by atoms with Gasteiger partial charge in [-0.15, -0.1) is 11.3 Å². The van der Waals surface area contributed by atoms with E-state index in [4.69, 9.17) is 4.98 Å². The Labute approximate surface area is 160 Å². The zero-order valence-electron chi connectivity index (χ0n) is 15.9. The van der Waals surface area contributed by atoms with Crippen molar-refractivity contribution >= 4 is 22.5 Å². The van der Waals surface area contributed by atoms with Crippen LogP contribution in [0.3, 0.4) is 0 Å². The molecule has 0 spiro atoms. The van der Waals surface area contributed by atoms with Gasteiger partial charge in [-0.2, -0.15) is 0 Å². The Morgan fingerprint density at radius 2 is 2.15 bits per heavy atom. The van der Waals surface area contributed by atoms with E-state index in [0.717, 1.165) is 36.9 Å². The first kappa shape index (κ1) is 19.4. The summed E-state index contributed by atoms with van der Waals surface area (Å²) in [5.74, 6) is 0. The summed E-state index contributed by atoms with van der Waals surface area (Å²) in [5.41, 5.74) is 1.06. The highest BCUT2D eigenvalue weighted by Gasteiger charge is 2.27. The summed E-state index contributed by atoms with van der Waals surface area (Å²) in [7, 11) is 0. The van der Waals surface area contributed by atoms with Gasteiger partial charge in [-0.3, -0.25) is 4.90 Å². The lowest BCUT2D eigenvalue weighted by Gasteiger charge is -2.40. The maximum atomic E-state index is 12.4. The number of hydrogen-bond donors (Lipinski definition) is 2. The Morgan fingerprint density at radius 1 is 1.38 bits per heavy atom. The van der Waals surface area contributed by atoms with Crippen molar-refractivity contribution < 1.29 is 9.90 Å². The number of aliphatic hydroxyl groups excluding tert-OH is 1. The Hall–Kier alpha value is -1.38. The molecule has 2 amide bonds. The first-order valence-electron chi connectivity index (χ1n) is 9.67. The molecule has 3 rings (SSSR count). The summed E-state index contributed by atoms with van der Waals surface area (Å²) in [6, 6.07) is 0.272. The van der Waals surface area contributed by atoms with Crippen LogP contribution in [-0.2, 0) is 6.42 Å². The number of carbonyl (C=O) groups is 1. The topological polar surface area (TPSA) is 71.9 Å². The van der Waals surface area contributed by atoms with Crippen LogP contribution < -0.4 is 10.2 Å². The van der Waals surface area contributed by atoms with Crippen molar-refractivity contribution in [2.24, 2.45) is 0 Å². The molecule has 8 heteroatoms. The second-order valence-electron chi connectivity index (χ2n) is 7.44. The first-order chi connectivity index (χ1) is 12.5. The molecule has 2 saturated heterocycles. The van der Waals surface area contributed by atoms with E-state index in [-0.39, 0.29) is 18.2 Å². The van der Waals surface area contributed by atoms with Crippen LogP contribution in [0.15, 0.2) is 5.38 Å². The van der Waals surface area contributed by atoms with Crippen molar-refractivity contribution in [2.45, 2.75) is 45.3 Å². The van der Waals surface area contributed by atoms with Gasteiger partial charge in [0.25, 0.3) is 0 Å². The monoisotopic (exact) mass is 381 g/mol. The van der Waals surface area contributed by atoms with Gasteiger partial charge in [0.2, 0.25) is 0 Å². The lowest BCUT2D eigenvalue weighted by molar-refractivity contribution is 0.0567. The molecule has 7 nitrogen and oxygen atoms in total. The summed E-state index contributed by atoms with van der Waals surface area (Å²) in [5, 5.41) is 15.8. The van der Waals surface area contributed by atoms with Gasteiger partial charge >= 0.3 is 6.03 Å². The molecule has 2 aliphatic heterocycles. The molecule has 2 fully saturated rings. The van der Waals surface area contributed by atoms with E-state index in [1.807, 2.05) is 4.90 Å². The summed E-state index contributed by atoms with van der Waals surface area (Å²) < 4.78 is 0. The molecule has 2 N–H and O–H groups in total. The molecular formula is C18H31N5O2S. The zero-order valence-corrected chi connectivity index (χ0v) is 16.7. The van der Waals surface area contributed by atoms with Crippen LogP contribution in [0.2, 0.25) is 0 Å². The first-order valence-corrected chi connectivity index (χ1v) is 10.5. The largest absolute Gasteiger partial charge is 0.392 e. The van der Waals surface area contributed by atoms with Crippen molar-refractivity contribution in [2.75, 3.05) is 50.7 Å². The Balaban J connectivity index is 1.39. The average Bonchev–Trinajstić information content (AvgIpc) is 3.27. The number of thiazole rings is 1. The molecule has 0 unspecified atom stereocenters. The van der Waals surface area contributed by atoms with E-state index in [0.29, 0.717) is 26.2 Å². The molecule has 1 aromatic rings. The number of piperazine rings is 1. The molecule has 3 heterocycles. The quantitative estimate of drug-likeness (QED) is 0.779. The standard InChI is InChI=1S/C18H31N5O2S/c1-14-11-23(10-9-22(14)12-15(2)24)17(25)19-6-5-16-13-26-18(20-16)21-7-3-4-8-21/h13-15,24H,3-12H2,1-2H3,(H,19,25)/t14-,15+/m0/s1. The van der Waals surface area contributed by atoms with Gasteiger partial charge in [0.1, 0.15) is 0 Å². The zero-order chi connectivity index (χ0) is 18.5. The lowest BCUT2D eigenvalue weighted by atomic mass is 10.2. The maximum absolute atomic E-state index is 12.4. The van der Waals surface area contributed by atoms with Gasteiger partial charge in [0, 0.05) is 63.7 Å². The van der Waals surface area contributed by atoms with E-state index in [9.17, 15) is 9.90 Å². The molecule has 0 saturated carbocycles. The van der Waals surface area contributed by atoms with Gasteiger partial charge in [0.15, 0.2) is 5.13 Å². The Morgan fingerprint density at radius 3 is 2.85 bits per heavy atom. The Kier molecular flexibility index (Phi) is 6.72. The maximum Gasteiger partial charge on any atom is 0.317 e. The minimum Gasteiger partial charge on any atom is -0.392 e. The minimum absolute atomic E-state index is 0.00328. The fourth-order valence-electron chi connectivity index (χ4n) is 3.66. The van der Waals surface area contributed by atoms with Gasteiger partial charge in [-0.25, -0.2) is 9.78 Å². The van der Waals surface area contributed by atoms with Crippen molar-refractivity contribution in [3.05, 3.63) is 11.1 Å². The number of rotatable bonds is 6. The van der Waals surface area contributed by atoms with Gasteiger partial charge in [-0.05, 0) is 26.7 Å². The second kappa shape index (κ2) is 9.01. The van der Waals surface area contributed by atoms with Crippen molar-refractivity contribution in [1.29, 1.82) is 0 Å². The summed E-state index contributed by atoms with van der Waals surface area (Å²) in [4.78, 5) is 23.6. The molecule has 26 heavy (non-hydrogen) atoms. The van der Waals surface area contributed by atoms with Crippen molar-refractivity contribution in [3.63, 3.8) is 0 Å². The number of hydrogen-bond acceptors (Lipinski definition) is 6. The molecule has 0 aliphatic carbocycles. The molecule has 146 valence electrons. The highest BCUT2D eigenvalue weighted by molar-refractivity contribution is 7.13. The normalized spacial score (nSPS) is 22.7. The number of aliphatic hydroxyl groups is 1. The third-order valence-electron chi connectivity index (χ3n) is 5.12. The van der Waals surface area contributed by atoms with E-state index < -0.39 is 0 Å². The fourth-order valence-corrected chi connectivity index (χ4v) is 4.58. The van der Waals surface area contributed by atoms with Crippen molar-refractivity contribution in [1.82, 2.24) is 20.1 Å². The number of urea groups is 1. The highest BCUT2D eigenvalue weighted by Crippen LogP contribution is 2.24. The molecular weight excluding hydrogens is 350 g/mol. The fraction of sp³-hybridized carbons (Fsp3) is 0.778. The van der Waals surface area contributed by atoms with Crippen LogP contribution in [-0.4, -0.2) is 83.9 Å². The predicted octanol–water partition coefficient (Wildman–Crippen LogP) is 1.38. The summed E-state index contributed by atoms with van der Waals surface area (Å²) >= 11 is 1.70. The van der Waals surface area contributed by atoms with Crippen LogP contribution in [0.4, 0.5) is 9.93 Å². The Bertz CT molecular complexity index is 588. The molecule has 2 atom stereocenters. The number of nitrogens with zero attached hydrogens (tertiary/aromatic N) is 4. The molecule has 2 aliphatic rings. The van der Waals surface area contributed by atoms with E-state index in [1.165, 1.54) is 12.8 Å². The minimum atomic E-state index is -0.332. The molecule has 0 radical (unpaired) electrons. The molecule has 1 aromatic heterocycles. The second-order valence-corrected chi connectivity index (χ2v) is 8.27. The third kappa shape index (κ3) is 5.08. The smallest absolute Gasteiger partial charge is 0.317 e. The predicted molar refractivity (Wildman–Crippen MR) is 105 cm³/mol. The number of β-amino-alcohol motifs (C(OH)–C–C–N with tert-alkyl or cyclic N) is 1. The van der Waals surface area contributed by atoms with Crippen LogP contribution >= 0.6 is 11.3 Å². The van der Waals surface area contributed by atoms with Crippen molar-refractivity contribution in [3.8, 4) is 0 Å².